The molecule has 1 aromatic rings. The van der Waals surface area contributed by atoms with Crippen LogP contribution in [-0.4, -0.2) is 76.2 Å². The van der Waals surface area contributed by atoms with E-state index in [2.05, 4.69) is 0 Å². The first-order chi connectivity index (χ1) is 13.4. The number of anilines is 1. The van der Waals surface area contributed by atoms with Gasteiger partial charge in [-0.3, -0.25) is 14.4 Å². The van der Waals surface area contributed by atoms with Gasteiger partial charge < -0.3 is 24.0 Å². The molecule has 28 heavy (non-hydrogen) atoms. The fourth-order valence-corrected chi connectivity index (χ4v) is 2.97. The standard InChI is InChI=1S/C20H28N2O6/c1-14-20(25)21(2)16-13-15(5-7-18(16)28-14)17(23)6-8-19(24)22(9-11-26-3)10-12-27-4/h5,7,13-14H,6,8-12H2,1-4H3. The highest BCUT2D eigenvalue weighted by Crippen LogP contribution is 2.34. The van der Waals surface area contributed by atoms with Gasteiger partial charge in [-0.15, -0.1) is 0 Å². The molecule has 0 aromatic heterocycles. The molecule has 2 amide bonds. The fourth-order valence-electron chi connectivity index (χ4n) is 2.97. The van der Waals surface area contributed by atoms with Crippen LogP contribution in [-0.2, 0) is 19.1 Å². The number of carbonyl (C=O) groups excluding carboxylic acids is 3. The number of nitrogens with zero attached hydrogens (tertiary/aromatic N) is 2. The maximum Gasteiger partial charge on any atom is 0.267 e. The van der Waals surface area contributed by atoms with Gasteiger partial charge >= 0.3 is 0 Å². The Labute approximate surface area is 165 Å². The molecule has 0 bridgehead atoms. The zero-order valence-corrected chi connectivity index (χ0v) is 16.9. The lowest BCUT2D eigenvalue weighted by Crippen LogP contribution is -2.42. The maximum absolute atomic E-state index is 12.6. The molecule has 8 nitrogen and oxygen atoms in total. The smallest absolute Gasteiger partial charge is 0.267 e. The molecule has 154 valence electrons. The van der Waals surface area contributed by atoms with Gasteiger partial charge in [0.1, 0.15) is 5.75 Å². The van der Waals surface area contributed by atoms with E-state index in [4.69, 9.17) is 14.2 Å². The normalized spacial score (nSPS) is 15.8. The summed E-state index contributed by atoms with van der Waals surface area (Å²) >= 11 is 0. The number of amides is 2. The minimum atomic E-state index is -0.554. The van der Waals surface area contributed by atoms with E-state index in [1.54, 1.807) is 51.3 Å². The van der Waals surface area contributed by atoms with Crippen LogP contribution >= 0.6 is 0 Å². The number of carbonyl (C=O) groups is 3. The largest absolute Gasteiger partial charge is 0.479 e. The molecule has 0 N–H and O–H groups in total. The molecular formula is C20H28N2O6. The molecule has 2 rings (SSSR count). The maximum atomic E-state index is 12.6. The van der Waals surface area contributed by atoms with Crippen molar-refractivity contribution in [2.24, 2.45) is 0 Å². The van der Waals surface area contributed by atoms with Gasteiger partial charge in [0.15, 0.2) is 11.9 Å². The topological polar surface area (TPSA) is 85.4 Å². The number of methoxy groups -OCH3 is 2. The van der Waals surface area contributed by atoms with Crippen molar-refractivity contribution in [3.8, 4) is 5.75 Å². The van der Waals surface area contributed by atoms with E-state index in [0.29, 0.717) is 43.3 Å². The van der Waals surface area contributed by atoms with Gasteiger partial charge in [-0.25, -0.2) is 0 Å². The van der Waals surface area contributed by atoms with Crippen molar-refractivity contribution >= 4 is 23.3 Å². The number of fused-ring (bicyclic) bond motifs is 1. The number of Topliss-reactive ketones (excluding diaryl/α,β-unsaturated/α-hetero) is 1. The highest BCUT2D eigenvalue weighted by Gasteiger charge is 2.29. The first-order valence-corrected chi connectivity index (χ1v) is 9.26. The van der Waals surface area contributed by atoms with Crippen molar-refractivity contribution in [3.05, 3.63) is 23.8 Å². The second-order valence-electron chi connectivity index (χ2n) is 6.63. The summed E-state index contributed by atoms with van der Waals surface area (Å²) in [4.78, 5) is 40.2. The van der Waals surface area contributed by atoms with Crippen molar-refractivity contribution in [2.75, 3.05) is 52.5 Å². The number of rotatable bonds is 10. The first kappa shape index (κ1) is 21.8. The number of benzene rings is 1. The Morgan fingerprint density at radius 2 is 1.79 bits per heavy atom. The summed E-state index contributed by atoms with van der Waals surface area (Å²) < 4.78 is 15.6. The Hall–Kier alpha value is -2.45. The van der Waals surface area contributed by atoms with Crippen LogP contribution in [0.15, 0.2) is 18.2 Å². The van der Waals surface area contributed by atoms with E-state index in [9.17, 15) is 14.4 Å². The van der Waals surface area contributed by atoms with Gasteiger partial charge in [0, 0.05) is 52.8 Å². The van der Waals surface area contributed by atoms with Crippen LogP contribution in [0.1, 0.15) is 30.1 Å². The van der Waals surface area contributed by atoms with E-state index in [-0.39, 0.29) is 30.4 Å². The van der Waals surface area contributed by atoms with E-state index in [1.165, 1.54) is 4.90 Å². The van der Waals surface area contributed by atoms with Crippen molar-refractivity contribution in [1.29, 1.82) is 0 Å². The molecule has 0 fully saturated rings. The van der Waals surface area contributed by atoms with Crippen LogP contribution < -0.4 is 9.64 Å². The second kappa shape index (κ2) is 10.2. The summed E-state index contributed by atoms with van der Waals surface area (Å²) in [5.74, 6) is 0.116. The molecule has 0 radical (unpaired) electrons. The summed E-state index contributed by atoms with van der Waals surface area (Å²) in [5.41, 5.74) is 1.01. The number of hydrogen-bond donors (Lipinski definition) is 0. The molecule has 1 unspecified atom stereocenters. The molecule has 1 heterocycles. The monoisotopic (exact) mass is 392 g/mol. The Morgan fingerprint density at radius 1 is 1.14 bits per heavy atom. The summed E-state index contributed by atoms with van der Waals surface area (Å²) in [6, 6.07) is 4.99. The lowest BCUT2D eigenvalue weighted by atomic mass is 10.0. The zero-order valence-electron chi connectivity index (χ0n) is 16.9. The SMILES string of the molecule is COCCN(CCOC)C(=O)CCC(=O)c1ccc2c(c1)N(C)C(=O)C(C)O2. The molecule has 1 aliphatic heterocycles. The summed E-state index contributed by atoms with van der Waals surface area (Å²) in [5, 5.41) is 0. The average molecular weight is 392 g/mol. The highest BCUT2D eigenvalue weighted by atomic mass is 16.5. The van der Waals surface area contributed by atoms with Crippen LogP contribution in [0.2, 0.25) is 0 Å². The van der Waals surface area contributed by atoms with Gasteiger partial charge in [-0.1, -0.05) is 0 Å². The number of ether oxygens (including phenoxy) is 3. The highest BCUT2D eigenvalue weighted by molar-refractivity contribution is 6.03. The molecule has 0 spiro atoms. The third-order valence-corrected chi connectivity index (χ3v) is 4.67. The third kappa shape index (κ3) is 5.30. The van der Waals surface area contributed by atoms with Gasteiger partial charge in [-0.05, 0) is 25.1 Å². The third-order valence-electron chi connectivity index (χ3n) is 4.67. The summed E-state index contributed by atoms with van der Waals surface area (Å²) in [7, 11) is 4.80. The van der Waals surface area contributed by atoms with Gasteiger partial charge in [-0.2, -0.15) is 0 Å². The predicted molar refractivity (Wildman–Crippen MR) is 104 cm³/mol. The molecule has 0 saturated heterocycles. The Kier molecular flexibility index (Phi) is 7.95. The van der Waals surface area contributed by atoms with Gasteiger partial charge in [0.25, 0.3) is 5.91 Å². The van der Waals surface area contributed by atoms with E-state index >= 15 is 0 Å². The van der Waals surface area contributed by atoms with Crippen LogP contribution in [0.3, 0.4) is 0 Å². The number of ketones is 1. The minimum absolute atomic E-state index is 0.0863. The molecule has 0 aliphatic carbocycles. The van der Waals surface area contributed by atoms with E-state index < -0.39 is 6.10 Å². The van der Waals surface area contributed by atoms with Crippen LogP contribution in [0.4, 0.5) is 5.69 Å². The van der Waals surface area contributed by atoms with Crippen molar-refractivity contribution in [2.45, 2.75) is 25.9 Å². The Bertz CT molecular complexity index is 713. The fraction of sp³-hybridized carbons (Fsp3) is 0.550. The molecule has 8 heteroatoms. The zero-order chi connectivity index (χ0) is 20.7. The van der Waals surface area contributed by atoms with Crippen LogP contribution in [0.25, 0.3) is 0 Å². The lowest BCUT2D eigenvalue weighted by molar-refractivity contribution is -0.132. The minimum Gasteiger partial charge on any atom is -0.479 e. The van der Waals surface area contributed by atoms with Crippen LogP contribution in [0.5, 0.6) is 5.75 Å². The van der Waals surface area contributed by atoms with Gasteiger partial charge in [0.05, 0.1) is 18.9 Å². The summed E-state index contributed by atoms with van der Waals surface area (Å²) in [6.07, 6.45) is -0.365. The molecule has 1 aromatic carbocycles. The van der Waals surface area contributed by atoms with E-state index in [1.807, 2.05) is 0 Å². The molecule has 1 aliphatic rings. The summed E-state index contributed by atoms with van der Waals surface area (Å²) in [6.45, 7) is 3.44. The molecular weight excluding hydrogens is 364 g/mol. The van der Waals surface area contributed by atoms with Crippen molar-refractivity contribution in [3.63, 3.8) is 0 Å². The quantitative estimate of drug-likeness (QED) is 0.561. The molecule has 1 atom stereocenters. The van der Waals surface area contributed by atoms with Crippen LogP contribution in [0, 0.1) is 0 Å². The first-order valence-electron chi connectivity index (χ1n) is 9.26. The number of likely N-dealkylation sites (N-methyl/N-ethyl adjacent to an activating group) is 1. The lowest BCUT2D eigenvalue weighted by Gasteiger charge is -2.30. The van der Waals surface area contributed by atoms with Crippen molar-refractivity contribution < 1.29 is 28.6 Å². The number of hydrogen-bond acceptors (Lipinski definition) is 6. The predicted octanol–water partition coefficient (Wildman–Crippen LogP) is 1.51. The van der Waals surface area contributed by atoms with Crippen molar-refractivity contribution in [1.82, 2.24) is 4.90 Å². The van der Waals surface area contributed by atoms with E-state index in [0.717, 1.165) is 0 Å². The molecule has 0 saturated carbocycles. The average Bonchev–Trinajstić information content (AvgIpc) is 2.70. The Balaban J connectivity index is 2.01. The Morgan fingerprint density at radius 3 is 2.39 bits per heavy atom. The van der Waals surface area contributed by atoms with Gasteiger partial charge in [0.2, 0.25) is 5.91 Å². The second-order valence-corrected chi connectivity index (χ2v) is 6.63.